The van der Waals surface area contributed by atoms with E-state index in [1.165, 1.54) is 16.9 Å². The zero-order valence-corrected chi connectivity index (χ0v) is 18.7. The molecule has 0 N–H and O–H groups in total. The Kier molecular flexibility index (Phi) is 9.30. The number of aryl methyl sites for hydroxylation is 1. The van der Waals surface area contributed by atoms with E-state index in [2.05, 4.69) is 5.10 Å². The molecule has 0 saturated carbocycles. The lowest BCUT2D eigenvalue weighted by Gasteiger charge is -2.21. The summed E-state index contributed by atoms with van der Waals surface area (Å²) in [5, 5.41) is 15.4. The Balaban J connectivity index is 0.00000204. The predicted octanol–water partition coefficient (Wildman–Crippen LogP) is 5.51. The molecule has 0 aliphatic rings. The molecule has 29 heavy (non-hydrogen) atoms. The molecule has 7 nitrogen and oxygen atoms in total. The van der Waals surface area contributed by atoms with Gasteiger partial charge in [-0.3, -0.25) is 14.9 Å². The quantitative estimate of drug-likeness (QED) is 0.433. The summed E-state index contributed by atoms with van der Waals surface area (Å²) in [4.78, 5) is 23.3. The van der Waals surface area contributed by atoms with Gasteiger partial charge in [-0.2, -0.15) is 5.10 Å². The summed E-state index contributed by atoms with van der Waals surface area (Å²) in [7, 11) is 0. The average Bonchev–Trinajstić information content (AvgIpc) is 2.68. The zero-order valence-electron chi connectivity index (χ0n) is 18.0. The van der Waals surface area contributed by atoms with E-state index in [0.717, 1.165) is 12.8 Å². The van der Waals surface area contributed by atoms with Gasteiger partial charge < -0.3 is 4.74 Å². The summed E-state index contributed by atoms with van der Waals surface area (Å²) in [5.41, 5.74) is 0.462. The van der Waals surface area contributed by atoms with E-state index in [0.29, 0.717) is 17.5 Å². The van der Waals surface area contributed by atoms with Crippen molar-refractivity contribution in [3.05, 3.63) is 61.0 Å². The molecule has 0 amide bonds. The Labute approximate surface area is 176 Å². The first-order chi connectivity index (χ1) is 13.6. The number of ether oxygens (including phenoxy) is 1. The van der Waals surface area contributed by atoms with Gasteiger partial charge in [0.2, 0.25) is 0 Å². The predicted molar refractivity (Wildman–Crippen MR) is 116 cm³/mol. The molecule has 0 saturated heterocycles. The molecule has 0 bridgehead atoms. The van der Waals surface area contributed by atoms with Crippen LogP contribution >= 0.6 is 11.6 Å². The van der Waals surface area contributed by atoms with Gasteiger partial charge in [0, 0.05) is 11.6 Å². The van der Waals surface area contributed by atoms with E-state index in [-0.39, 0.29) is 28.0 Å². The minimum absolute atomic E-state index is 0.0509. The van der Waals surface area contributed by atoms with Crippen molar-refractivity contribution in [2.75, 3.05) is 0 Å². The van der Waals surface area contributed by atoms with Gasteiger partial charge in [-0.1, -0.05) is 50.9 Å². The number of hydrogen-bond donors (Lipinski definition) is 0. The molecule has 2 aromatic rings. The molecule has 0 aliphatic carbocycles. The van der Waals surface area contributed by atoms with Gasteiger partial charge >= 0.3 is 0 Å². The van der Waals surface area contributed by atoms with Crippen LogP contribution in [-0.2, 0) is 18.6 Å². The van der Waals surface area contributed by atoms with Gasteiger partial charge in [-0.15, -0.1) is 0 Å². The van der Waals surface area contributed by atoms with Crippen LogP contribution in [0, 0.1) is 10.1 Å². The van der Waals surface area contributed by atoms with Crippen LogP contribution in [0.25, 0.3) is 0 Å². The highest BCUT2D eigenvalue weighted by Gasteiger charge is 2.20. The summed E-state index contributed by atoms with van der Waals surface area (Å²) < 4.78 is 6.88. The lowest BCUT2D eigenvalue weighted by atomic mass is 10.0. The van der Waals surface area contributed by atoms with E-state index < -0.39 is 11.1 Å². The molecular weight excluding hydrogens is 394 g/mol. The minimum atomic E-state index is -0.506. The first-order valence-electron chi connectivity index (χ1n) is 9.82. The molecule has 0 fully saturated rings. The van der Waals surface area contributed by atoms with Crippen LogP contribution in [-0.4, -0.2) is 14.7 Å². The number of nitrogens with zero attached hydrogens (tertiary/aromatic N) is 3. The van der Waals surface area contributed by atoms with Crippen molar-refractivity contribution in [1.82, 2.24) is 9.78 Å². The molecule has 0 radical (unpaired) electrons. The van der Waals surface area contributed by atoms with Crippen LogP contribution in [0.1, 0.15) is 65.5 Å². The molecule has 0 aliphatic heterocycles. The molecule has 0 atom stereocenters. The van der Waals surface area contributed by atoms with Crippen LogP contribution in [0.4, 0.5) is 5.69 Å². The van der Waals surface area contributed by atoms with Crippen molar-refractivity contribution in [3.63, 3.8) is 0 Å². The third-order valence-corrected chi connectivity index (χ3v) is 4.41. The fraction of sp³-hybridized carbons (Fsp3) is 0.524. The summed E-state index contributed by atoms with van der Waals surface area (Å²) in [6, 6.07) is 5.04. The van der Waals surface area contributed by atoms with Gasteiger partial charge in [0.1, 0.15) is 6.61 Å². The second-order valence-corrected chi connectivity index (χ2v) is 7.70. The van der Waals surface area contributed by atoms with Crippen molar-refractivity contribution in [2.45, 2.75) is 73.0 Å². The first kappa shape index (κ1) is 24.6. The molecule has 0 spiro atoms. The van der Waals surface area contributed by atoms with Crippen LogP contribution in [0.15, 0.2) is 29.2 Å². The third kappa shape index (κ3) is 6.56. The van der Waals surface area contributed by atoms with Crippen molar-refractivity contribution in [3.8, 4) is 5.75 Å². The van der Waals surface area contributed by atoms with E-state index in [9.17, 15) is 14.9 Å². The summed E-state index contributed by atoms with van der Waals surface area (Å²) >= 11 is 6.13. The van der Waals surface area contributed by atoms with Crippen LogP contribution in [0.2, 0.25) is 5.02 Å². The Hall–Kier alpha value is -2.41. The fourth-order valence-corrected chi connectivity index (χ4v) is 2.79. The molecule has 0 unspecified atom stereocenters. The third-order valence-electron chi connectivity index (χ3n) is 4.06. The highest BCUT2D eigenvalue weighted by molar-refractivity contribution is 6.31. The Bertz CT molecular complexity index is 888. The van der Waals surface area contributed by atoms with Gasteiger partial charge in [0.25, 0.3) is 11.2 Å². The first-order valence-corrected chi connectivity index (χ1v) is 10.2. The number of unbranched alkanes of at least 4 members (excludes halogenated alkanes) is 1. The maximum atomic E-state index is 12.3. The summed E-state index contributed by atoms with van der Waals surface area (Å²) in [5.74, 6) is 0.153. The number of hydrogen-bond acceptors (Lipinski definition) is 5. The lowest BCUT2D eigenvalue weighted by Crippen LogP contribution is -2.36. The van der Waals surface area contributed by atoms with Gasteiger partial charge in [0.15, 0.2) is 10.8 Å². The number of rotatable bonds is 7. The van der Waals surface area contributed by atoms with E-state index in [4.69, 9.17) is 16.3 Å². The molecule has 2 rings (SSSR count). The molecule has 160 valence electrons. The normalized spacial score (nSPS) is 10.9. The fourth-order valence-electron chi connectivity index (χ4n) is 2.61. The standard InChI is InChI=1S/C19H24ClN3O4.C2H6/c1-5-6-7-14-9-8-13(10-15(14)23(25)26)12-27-16-11-21-22(19(2,3)4)18(24)17(16)20;1-2/h8-11H,5-7,12H2,1-4H3;1-2H3. The Morgan fingerprint density at radius 2 is 1.93 bits per heavy atom. The van der Waals surface area contributed by atoms with E-state index >= 15 is 0 Å². The smallest absolute Gasteiger partial charge is 0.289 e. The highest BCUT2D eigenvalue weighted by atomic mass is 35.5. The molecule has 1 heterocycles. The minimum Gasteiger partial charge on any atom is -0.485 e. The second kappa shape index (κ2) is 11.0. The monoisotopic (exact) mass is 423 g/mol. The van der Waals surface area contributed by atoms with Crippen molar-refractivity contribution < 1.29 is 9.66 Å². The van der Waals surface area contributed by atoms with Gasteiger partial charge in [-0.25, -0.2) is 4.68 Å². The summed E-state index contributed by atoms with van der Waals surface area (Å²) in [6.07, 6.45) is 3.91. The van der Waals surface area contributed by atoms with Gasteiger partial charge in [0.05, 0.1) is 16.7 Å². The van der Waals surface area contributed by atoms with Gasteiger partial charge in [-0.05, 0) is 39.2 Å². The zero-order chi connectivity index (χ0) is 22.2. The number of nitro benzene ring substituents is 1. The molecule has 1 aromatic heterocycles. The number of aromatic nitrogens is 2. The second-order valence-electron chi connectivity index (χ2n) is 7.32. The maximum Gasteiger partial charge on any atom is 0.289 e. The molecule has 8 heteroatoms. The molecule has 1 aromatic carbocycles. The van der Waals surface area contributed by atoms with Crippen molar-refractivity contribution in [1.29, 1.82) is 0 Å². The topological polar surface area (TPSA) is 87.3 Å². The highest BCUT2D eigenvalue weighted by Crippen LogP contribution is 2.25. The Morgan fingerprint density at radius 3 is 2.48 bits per heavy atom. The van der Waals surface area contributed by atoms with Crippen molar-refractivity contribution >= 4 is 17.3 Å². The lowest BCUT2D eigenvalue weighted by molar-refractivity contribution is -0.385. The summed E-state index contributed by atoms with van der Waals surface area (Å²) in [6.45, 7) is 11.6. The number of benzene rings is 1. The van der Waals surface area contributed by atoms with Crippen molar-refractivity contribution in [2.24, 2.45) is 0 Å². The average molecular weight is 424 g/mol. The van der Waals surface area contributed by atoms with Crippen LogP contribution in [0.3, 0.4) is 0 Å². The van der Waals surface area contributed by atoms with E-state index in [1.54, 1.807) is 12.1 Å². The Morgan fingerprint density at radius 1 is 1.28 bits per heavy atom. The maximum absolute atomic E-state index is 12.3. The molecular formula is C21H30ClN3O4. The van der Waals surface area contributed by atoms with Crippen LogP contribution < -0.4 is 10.3 Å². The number of nitro groups is 1. The SMILES string of the molecule is CC.CCCCc1ccc(COc2cnn(C(C)(C)C)c(=O)c2Cl)cc1[N+](=O)[O-]. The van der Waals surface area contributed by atoms with E-state index in [1.807, 2.05) is 41.5 Å². The number of halogens is 1. The largest absolute Gasteiger partial charge is 0.485 e. The van der Waals surface area contributed by atoms with Crippen LogP contribution in [0.5, 0.6) is 5.75 Å².